The fourth-order valence-corrected chi connectivity index (χ4v) is 9.24. The molecule has 0 saturated heterocycles. The predicted molar refractivity (Wildman–Crippen MR) is 141 cm³/mol. The van der Waals surface area contributed by atoms with Gasteiger partial charge in [0.25, 0.3) is 0 Å². The van der Waals surface area contributed by atoms with Crippen molar-refractivity contribution in [1.82, 2.24) is 0 Å². The number of allylic oxidation sites excluding steroid dienone is 1. The van der Waals surface area contributed by atoms with Gasteiger partial charge in [0.15, 0.2) is 0 Å². The van der Waals surface area contributed by atoms with Crippen molar-refractivity contribution in [3.63, 3.8) is 0 Å². The number of hydrogen-bond donors (Lipinski definition) is 1. The van der Waals surface area contributed by atoms with Gasteiger partial charge in [0.1, 0.15) is 6.10 Å². The molecule has 3 fully saturated rings. The molecule has 0 bridgehead atoms. The van der Waals surface area contributed by atoms with Gasteiger partial charge in [0.2, 0.25) is 0 Å². The van der Waals surface area contributed by atoms with Gasteiger partial charge in [-0.2, -0.15) is 0 Å². The van der Waals surface area contributed by atoms with Crippen molar-refractivity contribution in [3.8, 4) is 0 Å². The summed E-state index contributed by atoms with van der Waals surface area (Å²) in [5.74, 6) is 5.18. The third kappa shape index (κ3) is 5.02. The molecule has 0 spiro atoms. The van der Waals surface area contributed by atoms with Gasteiger partial charge in [0, 0.05) is 12.8 Å². The molecule has 3 saturated carbocycles. The monoisotopic (exact) mass is 471 g/mol. The van der Waals surface area contributed by atoms with E-state index in [2.05, 4.69) is 40.7 Å². The molecular formula is C31H53NO2. The summed E-state index contributed by atoms with van der Waals surface area (Å²) in [4.78, 5) is 12.2. The maximum atomic E-state index is 12.2. The number of carbonyl (C=O) groups is 1. The highest BCUT2D eigenvalue weighted by Gasteiger charge is 2.59. The molecule has 3 heteroatoms. The largest absolute Gasteiger partial charge is 0.462 e. The van der Waals surface area contributed by atoms with Crippen LogP contribution in [0.15, 0.2) is 11.6 Å². The molecule has 4 aliphatic rings. The zero-order chi connectivity index (χ0) is 24.5. The Kier molecular flexibility index (Phi) is 8.22. The summed E-state index contributed by atoms with van der Waals surface area (Å²) in [6.45, 7) is 13.1. The molecule has 194 valence electrons. The average Bonchev–Trinajstić information content (AvgIpc) is 3.15. The first-order chi connectivity index (χ1) is 16.2. The Bertz CT molecular complexity index is 744. The van der Waals surface area contributed by atoms with Crippen molar-refractivity contribution in [2.24, 2.45) is 52.1 Å². The first kappa shape index (κ1) is 26.2. The van der Waals surface area contributed by atoms with Crippen molar-refractivity contribution in [2.75, 3.05) is 6.54 Å². The van der Waals surface area contributed by atoms with E-state index in [4.69, 9.17) is 10.5 Å². The van der Waals surface area contributed by atoms with E-state index in [9.17, 15) is 4.79 Å². The van der Waals surface area contributed by atoms with Crippen LogP contribution >= 0.6 is 0 Å². The van der Waals surface area contributed by atoms with Crippen LogP contribution in [-0.2, 0) is 9.53 Å². The second kappa shape index (κ2) is 10.7. The first-order valence-corrected chi connectivity index (χ1v) is 14.8. The number of fused-ring (bicyclic) bond motifs is 5. The molecule has 0 heterocycles. The Hall–Kier alpha value is -0.830. The smallest absolute Gasteiger partial charge is 0.306 e. The van der Waals surface area contributed by atoms with E-state index in [-0.39, 0.29) is 12.1 Å². The number of hydrogen-bond acceptors (Lipinski definition) is 3. The minimum absolute atomic E-state index is 0.0544. The Morgan fingerprint density at radius 1 is 1.06 bits per heavy atom. The lowest BCUT2D eigenvalue weighted by Crippen LogP contribution is -2.51. The molecule has 8 unspecified atom stereocenters. The molecule has 0 radical (unpaired) electrons. The third-order valence-electron chi connectivity index (χ3n) is 11.1. The molecule has 0 amide bonds. The third-order valence-corrected chi connectivity index (χ3v) is 11.1. The van der Waals surface area contributed by atoms with Gasteiger partial charge >= 0.3 is 5.97 Å². The minimum Gasteiger partial charge on any atom is -0.462 e. The van der Waals surface area contributed by atoms with Crippen molar-refractivity contribution >= 4 is 5.97 Å². The Labute approximate surface area is 210 Å². The van der Waals surface area contributed by atoms with Crippen LogP contribution in [0.5, 0.6) is 0 Å². The summed E-state index contributed by atoms with van der Waals surface area (Å²) in [6, 6.07) is 0. The van der Waals surface area contributed by atoms with Gasteiger partial charge in [-0.25, -0.2) is 0 Å². The number of rotatable bonds is 9. The average molecular weight is 472 g/mol. The van der Waals surface area contributed by atoms with Crippen LogP contribution in [0.2, 0.25) is 0 Å². The van der Waals surface area contributed by atoms with E-state index < -0.39 is 0 Å². The highest BCUT2D eigenvalue weighted by Crippen LogP contribution is 2.67. The molecule has 8 atom stereocenters. The summed E-state index contributed by atoms with van der Waals surface area (Å²) in [6.07, 6.45) is 18.3. The molecule has 0 aromatic carbocycles. The molecule has 3 nitrogen and oxygen atoms in total. The SMILES string of the molecule is CC(C)CCCC(C)C1CCC2C3CC=C4CC(OC(=O)CCCN)CCC4(C)C3CCC12C. The van der Waals surface area contributed by atoms with E-state index in [0.717, 1.165) is 54.8 Å². The lowest BCUT2D eigenvalue weighted by Gasteiger charge is -2.58. The van der Waals surface area contributed by atoms with E-state index in [0.29, 0.717) is 23.8 Å². The number of carbonyl (C=O) groups excluding carboxylic acids is 1. The predicted octanol–water partition coefficient (Wildman–Crippen LogP) is 7.68. The van der Waals surface area contributed by atoms with Gasteiger partial charge in [-0.3, -0.25) is 4.79 Å². The number of nitrogens with two attached hydrogens (primary N) is 1. The van der Waals surface area contributed by atoms with Crippen molar-refractivity contribution in [3.05, 3.63) is 11.6 Å². The molecule has 0 aromatic heterocycles. The van der Waals surface area contributed by atoms with Crippen LogP contribution in [0.1, 0.15) is 118 Å². The summed E-state index contributed by atoms with van der Waals surface area (Å²) >= 11 is 0. The standard InChI is InChI=1S/C31H53NO2/c1-21(2)8-6-9-22(3)26-13-14-27-25-12-11-23-20-24(34-29(33)10-7-19-32)15-17-30(23,4)28(25)16-18-31(26,27)5/h11,21-22,24-28H,6-10,12-20,32H2,1-5H3. The van der Waals surface area contributed by atoms with Crippen LogP contribution in [0.3, 0.4) is 0 Å². The molecule has 4 rings (SSSR count). The van der Waals surface area contributed by atoms with Gasteiger partial charge in [-0.15, -0.1) is 0 Å². The molecule has 4 aliphatic carbocycles. The number of ether oxygens (including phenoxy) is 1. The second-order valence-electron chi connectivity index (χ2n) is 13.5. The van der Waals surface area contributed by atoms with E-state index in [1.165, 1.54) is 57.8 Å². The van der Waals surface area contributed by atoms with E-state index >= 15 is 0 Å². The summed E-state index contributed by atoms with van der Waals surface area (Å²) in [5.41, 5.74) is 8.05. The van der Waals surface area contributed by atoms with Gasteiger partial charge in [0.05, 0.1) is 0 Å². The molecule has 2 N–H and O–H groups in total. The van der Waals surface area contributed by atoms with Gasteiger partial charge < -0.3 is 10.5 Å². The van der Waals surface area contributed by atoms with Gasteiger partial charge in [-0.05, 0) is 104 Å². The molecule has 0 aliphatic heterocycles. The maximum absolute atomic E-state index is 12.2. The Balaban J connectivity index is 1.41. The van der Waals surface area contributed by atoms with Crippen LogP contribution < -0.4 is 5.73 Å². The van der Waals surface area contributed by atoms with Crippen LogP contribution in [0, 0.1) is 46.3 Å². The zero-order valence-electron chi connectivity index (χ0n) is 22.9. The van der Waals surface area contributed by atoms with Gasteiger partial charge in [-0.1, -0.05) is 65.5 Å². The lowest BCUT2D eigenvalue weighted by atomic mass is 9.47. The summed E-state index contributed by atoms with van der Waals surface area (Å²) < 4.78 is 5.86. The molecule has 34 heavy (non-hydrogen) atoms. The van der Waals surface area contributed by atoms with Crippen molar-refractivity contribution < 1.29 is 9.53 Å². The van der Waals surface area contributed by atoms with Crippen LogP contribution in [0.25, 0.3) is 0 Å². The van der Waals surface area contributed by atoms with Crippen molar-refractivity contribution in [2.45, 2.75) is 124 Å². The number of esters is 1. The Morgan fingerprint density at radius 2 is 1.85 bits per heavy atom. The minimum atomic E-state index is -0.0544. The van der Waals surface area contributed by atoms with E-state index in [1.54, 1.807) is 5.57 Å². The maximum Gasteiger partial charge on any atom is 0.306 e. The molecule has 0 aromatic rings. The fraction of sp³-hybridized carbons (Fsp3) is 0.903. The summed E-state index contributed by atoms with van der Waals surface area (Å²) in [5, 5.41) is 0. The molecular weight excluding hydrogens is 418 g/mol. The van der Waals surface area contributed by atoms with Crippen LogP contribution in [0.4, 0.5) is 0 Å². The second-order valence-corrected chi connectivity index (χ2v) is 13.5. The highest BCUT2D eigenvalue weighted by molar-refractivity contribution is 5.69. The lowest BCUT2D eigenvalue weighted by molar-refractivity contribution is -0.151. The highest BCUT2D eigenvalue weighted by atomic mass is 16.5. The topological polar surface area (TPSA) is 52.3 Å². The zero-order valence-corrected chi connectivity index (χ0v) is 22.9. The van der Waals surface area contributed by atoms with Crippen molar-refractivity contribution in [1.29, 1.82) is 0 Å². The summed E-state index contributed by atoms with van der Waals surface area (Å²) in [7, 11) is 0. The normalized spacial score (nSPS) is 40.2. The fourth-order valence-electron chi connectivity index (χ4n) is 9.24. The van der Waals surface area contributed by atoms with Crippen LogP contribution in [-0.4, -0.2) is 18.6 Å². The quantitative estimate of drug-likeness (QED) is 0.277. The first-order valence-electron chi connectivity index (χ1n) is 14.8. The Morgan fingerprint density at radius 3 is 2.59 bits per heavy atom. The van der Waals surface area contributed by atoms with E-state index in [1.807, 2.05) is 0 Å².